The van der Waals surface area contributed by atoms with Gasteiger partial charge in [0.2, 0.25) is 0 Å². The van der Waals surface area contributed by atoms with Crippen LogP contribution < -0.4 is 0 Å². The van der Waals surface area contributed by atoms with Crippen LogP contribution in [0.2, 0.25) is 0 Å². The minimum absolute atomic E-state index is 0. The Morgan fingerprint density at radius 2 is 2.50 bits per heavy atom. The molecule has 0 saturated carbocycles. The van der Waals surface area contributed by atoms with Crippen LogP contribution in [0.3, 0.4) is 0 Å². The van der Waals surface area contributed by atoms with Crippen molar-refractivity contribution < 1.29 is 19.5 Å². The number of rotatable bonds is 1. The van der Waals surface area contributed by atoms with Gasteiger partial charge < -0.3 is 4.98 Å². The van der Waals surface area contributed by atoms with Crippen molar-refractivity contribution in [1.29, 1.82) is 0 Å². The van der Waals surface area contributed by atoms with Crippen molar-refractivity contribution in [2.24, 2.45) is 0 Å². The summed E-state index contributed by atoms with van der Waals surface area (Å²) < 4.78 is 0. The van der Waals surface area contributed by atoms with E-state index < -0.39 is 0 Å². The first-order valence-electron chi connectivity index (χ1n) is 2.47. The van der Waals surface area contributed by atoms with Gasteiger partial charge >= 0.3 is 19.5 Å². The molecule has 0 aliphatic heterocycles. The molecule has 1 aromatic rings. The van der Waals surface area contributed by atoms with E-state index in [0.29, 0.717) is 0 Å². The van der Waals surface area contributed by atoms with Crippen LogP contribution in [0.25, 0.3) is 0 Å². The fourth-order valence-electron chi connectivity index (χ4n) is 0.530. The van der Waals surface area contributed by atoms with E-state index in [1.54, 1.807) is 0 Å². The van der Waals surface area contributed by atoms with Crippen LogP contribution in [-0.4, -0.2) is 4.98 Å². The second kappa shape index (κ2) is 3.85. The van der Waals surface area contributed by atoms with Gasteiger partial charge in [-0.05, 0) is 6.42 Å². The molecule has 1 radical (unpaired) electrons. The molecule has 0 atom stereocenters. The van der Waals surface area contributed by atoms with Gasteiger partial charge in [-0.15, -0.1) is 6.20 Å². The number of aromatic amines is 1. The summed E-state index contributed by atoms with van der Waals surface area (Å²) in [5, 5.41) is 0. The SMILES string of the molecule is CCc1[c-]cc[nH]1.[Ru+]. The Morgan fingerprint density at radius 1 is 1.75 bits per heavy atom. The van der Waals surface area contributed by atoms with Gasteiger partial charge in [0, 0.05) is 0 Å². The molecule has 1 nitrogen and oxygen atoms in total. The largest absolute Gasteiger partial charge is 1.00 e. The van der Waals surface area contributed by atoms with E-state index in [4.69, 9.17) is 0 Å². The maximum absolute atomic E-state index is 3.03. The Hall–Kier alpha value is -0.0966. The van der Waals surface area contributed by atoms with E-state index in [2.05, 4.69) is 18.0 Å². The van der Waals surface area contributed by atoms with Crippen molar-refractivity contribution in [3.63, 3.8) is 0 Å². The predicted molar refractivity (Wildman–Crippen MR) is 29.0 cm³/mol. The summed E-state index contributed by atoms with van der Waals surface area (Å²) in [6.45, 7) is 2.10. The first kappa shape index (κ1) is 7.90. The van der Waals surface area contributed by atoms with Crippen LogP contribution in [-0.2, 0) is 25.9 Å². The third-order valence-corrected chi connectivity index (χ3v) is 0.952. The fourth-order valence-corrected chi connectivity index (χ4v) is 0.530. The van der Waals surface area contributed by atoms with Gasteiger partial charge in [0.1, 0.15) is 0 Å². The van der Waals surface area contributed by atoms with Crippen LogP contribution in [0.4, 0.5) is 0 Å². The van der Waals surface area contributed by atoms with Gasteiger partial charge in [-0.3, -0.25) is 0 Å². The quantitative estimate of drug-likeness (QED) is 0.514. The van der Waals surface area contributed by atoms with E-state index >= 15 is 0 Å². The Morgan fingerprint density at radius 3 is 2.75 bits per heavy atom. The molecule has 0 aromatic carbocycles. The van der Waals surface area contributed by atoms with Gasteiger partial charge in [0.05, 0.1) is 0 Å². The number of hydrogen-bond acceptors (Lipinski definition) is 0. The molecule has 45 valence electrons. The Balaban J connectivity index is 0.000000490. The standard InChI is InChI=1S/C6H8N.Ru/c1-2-6-4-3-5-7-6;/h3,5,7H,2H2,1H3;/q-1;+1. The Labute approximate surface area is 62.3 Å². The summed E-state index contributed by atoms with van der Waals surface area (Å²) in [7, 11) is 0. The van der Waals surface area contributed by atoms with Crippen molar-refractivity contribution in [3.8, 4) is 0 Å². The average molecular weight is 195 g/mol. The van der Waals surface area contributed by atoms with Gasteiger partial charge in [-0.2, -0.15) is 0 Å². The fraction of sp³-hybridized carbons (Fsp3) is 0.333. The molecule has 8 heavy (non-hydrogen) atoms. The smallest absolute Gasteiger partial charge is 0.458 e. The molecule has 0 fully saturated rings. The second-order valence-electron chi connectivity index (χ2n) is 1.45. The van der Waals surface area contributed by atoms with Gasteiger partial charge in [0.25, 0.3) is 0 Å². The summed E-state index contributed by atoms with van der Waals surface area (Å²) in [5.74, 6) is 0. The molecule has 0 aliphatic carbocycles. The minimum Gasteiger partial charge on any atom is -0.458 e. The molecule has 1 aromatic heterocycles. The number of aryl methyl sites for hydroxylation is 1. The van der Waals surface area contributed by atoms with Crippen LogP contribution >= 0.6 is 0 Å². The van der Waals surface area contributed by atoms with Crippen LogP contribution in [0.1, 0.15) is 12.6 Å². The molecule has 2 heteroatoms. The van der Waals surface area contributed by atoms with Crippen molar-refractivity contribution in [3.05, 3.63) is 24.0 Å². The third-order valence-electron chi connectivity index (χ3n) is 0.952. The number of nitrogens with one attached hydrogen (secondary N) is 1. The van der Waals surface area contributed by atoms with Crippen molar-refractivity contribution >= 4 is 0 Å². The molecule has 0 saturated heterocycles. The number of aromatic nitrogens is 1. The molecule has 1 rings (SSSR count). The van der Waals surface area contributed by atoms with E-state index in [9.17, 15) is 0 Å². The molecule has 0 amide bonds. The van der Waals surface area contributed by atoms with Crippen LogP contribution in [0.15, 0.2) is 12.3 Å². The zero-order valence-electron chi connectivity index (χ0n) is 4.72. The molecule has 0 aliphatic rings. The summed E-state index contributed by atoms with van der Waals surface area (Å²) in [5.41, 5.74) is 1.18. The Kier molecular flexibility index (Phi) is 3.81. The van der Waals surface area contributed by atoms with E-state index in [0.717, 1.165) is 6.42 Å². The maximum atomic E-state index is 3.03. The van der Waals surface area contributed by atoms with Gasteiger partial charge in [-0.25, -0.2) is 12.1 Å². The van der Waals surface area contributed by atoms with Gasteiger partial charge in [0.15, 0.2) is 0 Å². The zero-order chi connectivity index (χ0) is 5.11. The zero-order valence-corrected chi connectivity index (χ0v) is 6.45. The normalized spacial score (nSPS) is 8.12. The summed E-state index contributed by atoms with van der Waals surface area (Å²) in [6.07, 6.45) is 2.94. The molecule has 0 bridgehead atoms. The van der Waals surface area contributed by atoms with E-state index in [1.165, 1.54) is 5.69 Å². The Bertz CT molecular complexity index is 123. The molecule has 1 heterocycles. The summed E-state index contributed by atoms with van der Waals surface area (Å²) >= 11 is 0. The van der Waals surface area contributed by atoms with E-state index in [-0.39, 0.29) is 19.5 Å². The predicted octanol–water partition coefficient (Wildman–Crippen LogP) is 1.37. The molecule has 0 unspecified atom stereocenters. The first-order valence-corrected chi connectivity index (χ1v) is 2.47. The second-order valence-corrected chi connectivity index (χ2v) is 1.45. The van der Waals surface area contributed by atoms with Crippen LogP contribution in [0.5, 0.6) is 0 Å². The molecule has 1 N–H and O–H groups in total. The van der Waals surface area contributed by atoms with Crippen molar-refractivity contribution in [1.82, 2.24) is 4.98 Å². The monoisotopic (exact) mass is 196 g/mol. The molecular weight excluding hydrogens is 187 g/mol. The number of hydrogen-bond donors (Lipinski definition) is 1. The topological polar surface area (TPSA) is 15.8 Å². The molecule has 0 spiro atoms. The summed E-state index contributed by atoms with van der Waals surface area (Å²) in [6, 6.07) is 4.92. The minimum atomic E-state index is 0. The van der Waals surface area contributed by atoms with Crippen LogP contribution in [0, 0.1) is 6.07 Å². The third kappa shape index (κ3) is 1.79. The van der Waals surface area contributed by atoms with Gasteiger partial charge in [-0.1, -0.05) is 12.6 Å². The molecular formula is C6H8NRu. The van der Waals surface area contributed by atoms with Crippen molar-refractivity contribution in [2.75, 3.05) is 0 Å². The average Bonchev–Trinajstić information content (AvgIpc) is 2.14. The summed E-state index contributed by atoms with van der Waals surface area (Å²) in [4.78, 5) is 3.03. The van der Waals surface area contributed by atoms with Crippen molar-refractivity contribution in [2.45, 2.75) is 13.3 Å². The first-order chi connectivity index (χ1) is 3.43. The number of H-pyrrole nitrogens is 1. The maximum Gasteiger partial charge on any atom is 1.00 e. The van der Waals surface area contributed by atoms with E-state index in [1.807, 2.05) is 12.3 Å².